The lowest BCUT2D eigenvalue weighted by Gasteiger charge is -2.11. The second-order valence-electron chi connectivity index (χ2n) is 8.35. The second kappa shape index (κ2) is 8.23. The Morgan fingerprint density at radius 3 is 2.65 bits per heavy atom. The van der Waals surface area contributed by atoms with Crippen LogP contribution in [-0.4, -0.2) is 30.5 Å². The van der Waals surface area contributed by atoms with Crippen molar-refractivity contribution in [3.05, 3.63) is 70.9 Å². The molecule has 0 saturated heterocycles. The molecule has 176 valence electrons. The van der Waals surface area contributed by atoms with E-state index in [1.54, 1.807) is 30.5 Å². The molecule has 0 aliphatic heterocycles. The molecule has 1 aliphatic carbocycles. The van der Waals surface area contributed by atoms with Crippen LogP contribution in [0.4, 0.5) is 23.4 Å². The predicted molar refractivity (Wildman–Crippen MR) is 116 cm³/mol. The molecule has 0 bridgehead atoms. The molecule has 0 unspecified atom stereocenters. The van der Waals surface area contributed by atoms with Crippen LogP contribution >= 0.6 is 0 Å². The number of rotatable bonds is 6. The number of amides is 1. The molecule has 7 nitrogen and oxygen atoms in total. The summed E-state index contributed by atoms with van der Waals surface area (Å²) >= 11 is 0. The van der Waals surface area contributed by atoms with Crippen LogP contribution in [0.1, 0.15) is 41.3 Å². The van der Waals surface area contributed by atoms with Crippen molar-refractivity contribution in [1.82, 2.24) is 24.5 Å². The monoisotopic (exact) mass is 472 g/mol. The second-order valence-corrected chi connectivity index (χ2v) is 8.35. The van der Waals surface area contributed by atoms with Gasteiger partial charge >= 0.3 is 6.18 Å². The van der Waals surface area contributed by atoms with E-state index in [9.17, 15) is 22.4 Å². The minimum atomic E-state index is -4.56. The molecule has 4 aromatic rings. The average Bonchev–Trinajstić information content (AvgIpc) is 3.47. The standard InChI is InChI=1S/C23H20F4N6O/c1-13-21-16(23(25,26)27)10-18(14-6-7-14)28-22(21)33(30-13)12-20(34)29-19-8-9-32(31-19)11-15-4-2-3-5-17(15)24/h2-5,8-10,14H,6-7,11-12H2,1H3,(H,29,31,34). The molecule has 0 spiro atoms. The Balaban J connectivity index is 1.37. The minimum Gasteiger partial charge on any atom is -0.308 e. The van der Waals surface area contributed by atoms with Gasteiger partial charge in [-0.05, 0) is 31.9 Å². The summed E-state index contributed by atoms with van der Waals surface area (Å²) in [5.41, 5.74) is 0.220. The molecule has 0 atom stereocenters. The Hall–Kier alpha value is -3.76. The number of carbonyl (C=O) groups excluding carboxylic acids is 1. The fraction of sp³-hybridized carbons (Fsp3) is 0.304. The Morgan fingerprint density at radius 1 is 1.18 bits per heavy atom. The molecule has 34 heavy (non-hydrogen) atoms. The highest BCUT2D eigenvalue weighted by atomic mass is 19.4. The van der Waals surface area contributed by atoms with Crippen molar-refractivity contribution in [2.45, 2.75) is 44.9 Å². The summed E-state index contributed by atoms with van der Waals surface area (Å²) in [6.07, 6.45) is -1.39. The molecule has 1 aromatic carbocycles. The summed E-state index contributed by atoms with van der Waals surface area (Å²) in [5, 5.41) is 10.9. The van der Waals surface area contributed by atoms with E-state index in [0.717, 1.165) is 18.9 Å². The summed E-state index contributed by atoms with van der Waals surface area (Å²) < 4.78 is 57.7. The van der Waals surface area contributed by atoms with Gasteiger partial charge in [0.25, 0.3) is 0 Å². The van der Waals surface area contributed by atoms with Gasteiger partial charge < -0.3 is 5.32 Å². The van der Waals surface area contributed by atoms with Gasteiger partial charge in [-0.15, -0.1) is 0 Å². The molecule has 1 fully saturated rings. The number of halogens is 4. The van der Waals surface area contributed by atoms with Crippen molar-refractivity contribution in [2.24, 2.45) is 0 Å². The van der Waals surface area contributed by atoms with E-state index in [4.69, 9.17) is 0 Å². The molecule has 0 radical (unpaired) electrons. The van der Waals surface area contributed by atoms with Gasteiger partial charge in [0.2, 0.25) is 5.91 Å². The van der Waals surface area contributed by atoms with Crippen LogP contribution in [0.2, 0.25) is 0 Å². The average molecular weight is 472 g/mol. The third kappa shape index (κ3) is 4.37. The van der Waals surface area contributed by atoms with Crippen LogP contribution in [0.5, 0.6) is 0 Å². The van der Waals surface area contributed by atoms with Gasteiger partial charge in [0.05, 0.1) is 23.2 Å². The molecule has 1 aliphatic rings. The molecule has 3 aromatic heterocycles. The topological polar surface area (TPSA) is 77.6 Å². The number of carbonyl (C=O) groups is 1. The molecular formula is C23H20F4N6O. The number of anilines is 1. The quantitative estimate of drug-likeness (QED) is 0.414. The van der Waals surface area contributed by atoms with Crippen LogP contribution in [0.15, 0.2) is 42.6 Å². The Labute approximate surface area is 191 Å². The number of nitrogens with zero attached hydrogens (tertiary/aromatic N) is 5. The molecule has 1 N–H and O–H groups in total. The fourth-order valence-corrected chi connectivity index (χ4v) is 3.93. The van der Waals surface area contributed by atoms with Gasteiger partial charge in [0.1, 0.15) is 12.4 Å². The number of benzene rings is 1. The van der Waals surface area contributed by atoms with Gasteiger partial charge in [-0.2, -0.15) is 23.4 Å². The van der Waals surface area contributed by atoms with Crippen LogP contribution in [-0.2, 0) is 24.1 Å². The van der Waals surface area contributed by atoms with E-state index >= 15 is 0 Å². The van der Waals surface area contributed by atoms with Crippen molar-refractivity contribution in [3.8, 4) is 0 Å². The minimum absolute atomic E-state index is 0.00129. The number of alkyl halides is 3. The van der Waals surface area contributed by atoms with Crippen molar-refractivity contribution in [2.75, 3.05) is 5.32 Å². The Kier molecular flexibility index (Phi) is 5.34. The van der Waals surface area contributed by atoms with E-state index < -0.39 is 17.6 Å². The van der Waals surface area contributed by atoms with E-state index in [1.165, 1.54) is 22.4 Å². The summed E-state index contributed by atoms with van der Waals surface area (Å²) in [4.78, 5) is 17.1. The van der Waals surface area contributed by atoms with E-state index in [-0.39, 0.29) is 47.4 Å². The van der Waals surface area contributed by atoms with Crippen LogP contribution in [0.3, 0.4) is 0 Å². The van der Waals surface area contributed by atoms with Crippen LogP contribution in [0.25, 0.3) is 11.0 Å². The summed E-state index contributed by atoms with van der Waals surface area (Å²) in [6, 6.07) is 8.95. The number of hydrogen-bond donors (Lipinski definition) is 1. The highest BCUT2D eigenvalue weighted by Gasteiger charge is 2.37. The molecule has 3 heterocycles. The maximum atomic E-state index is 13.9. The van der Waals surface area contributed by atoms with Crippen molar-refractivity contribution >= 4 is 22.8 Å². The number of aryl methyl sites for hydroxylation is 1. The lowest BCUT2D eigenvalue weighted by Crippen LogP contribution is -2.20. The summed E-state index contributed by atoms with van der Waals surface area (Å²) in [5.74, 6) is -0.646. The lowest BCUT2D eigenvalue weighted by atomic mass is 10.1. The third-order valence-electron chi connectivity index (χ3n) is 5.69. The number of pyridine rings is 1. The van der Waals surface area contributed by atoms with Crippen molar-refractivity contribution < 1.29 is 22.4 Å². The maximum absolute atomic E-state index is 13.9. The highest BCUT2D eigenvalue weighted by Crippen LogP contribution is 2.43. The van der Waals surface area contributed by atoms with Crippen LogP contribution in [0, 0.1) is 12.7 Å². The molecule has 1 saturated carbocycles. The molecular weight excluding hydrogens is 452 g/mol. The van der Waals surface area contributed by atoms with E-state index in [1.807, 2.05) is 0 Å². The van der Waals surface area contributed by atoms with Crippen molar-refractivity contribution in [1.29, 1.82) is 0 Å². The van der Waals surface area contributed by atoms with Gasteiger partial charge in [0.15, 0.2) is 11.5 Å². The largest absolute Gasteiger partial charge is 0.417 e. The Bertz CT molecular complexity index is 1390. The van der Waals surface area contributed by atoms with Gasteiger partial charge in [0, 0.05) is 29.4 Å². The van der Waals surface area contributed by atoms with Crippen molar-refractivity contribution in [3.63, 3.8) is 0 Å². The normalized spacial score (nSPS) is 14.0. The van der Waals surface area contributed by atoms with E-state index in [0.29, 0.717) is 11.3 Å². The fourth-order valence-electron chi connectivity index (χ4n) is 3.93. The number of nitrogens with one attached hydrogen (secondary N) is 1. The zero-order valence-corrected chi connectivity index (χ0v) is 18.1. The van der Waals surface area contributed by atoms with Crippen LogP contribution < -0.4 is 5.32 Å². The zero-order valence-electron chi connectivity index (χ0n) is 18.1. The number of fused-ring (bicyclic) bond motifs is 1. The first-order chi connectivity index (χ1) is 16.2. The SMILES string of the molecule is Cc1nn(CC(=O)Nc2ccn(Cc3ccccc3F)n2)c2nc(C3CC3)cc(C(F)(F)F)c12. The van der Waals surface area contributed by atoms with Gasteiger partial charge in [-0.1, -0.05) is 18.2 Å². The molecule has 5 rings (SSSR count). The van der Waals surface area contributed by atoms with Gasteiger partial charge in [-0.3, -0.25) is 9.48 Å². The van der Waals surface area contributed by atoms with E-state index in [2.05, 4.69) is 20.5 Å². The zero-order chi connectivity index (χ0) is 24.0. The summed E-state index contributed by atoms with van der Waals surface area (Å²) in [7, 11) is 0. The molecule has 1 amide bonds. The predicted octanol–water partition coefficient (Wildman–Crippen LogP) is 4.66. The smallest absolute Gasteiger partial charge is 0.308 e. The first-order valence-electron chi connectivity index (χ1n) is 10.7. The summed E-state index contributed by atoms with van der Waals surface area (Å²) in [6.45, 7) is 1.32. The van der Waals surface area contributed by atoms with Gasteiger partial charge in [-0.25, -0.2) is 14.1 Å². The number of aromatic nitrogens is 5. The lowest BCUT2D eigenvalue weighted by molar-refractivity contribution is -0.136. The number of hydrogen-bond acceptors (Lipinski definition) is 4. The first-order valence-corrected chi connectivity index (χ1v) is 10.7. The first kappa shape index (κ1) is 22.1. The highest BCUT2D eigenvalue weighted by molar-refractivity contribution is 5.91. The maximum Gasteiger partial charge on any atom is 0.417 e. The Morgan fingerprint density at radius 2 is 1.94 bits per heavy atom. The molecule has 11 heteroatoms. The third-order valence-corrected chi connectivity index (χ3v) is 5.69.